The Morgan fingerprint density at radius 2 is 0.711 bits per heavy atom. The molecule has 16 rings (SSSR count). The van der Waals surface area contributed by atoms with Crippen LogP contribution in [0.2, 0.25) is 0 Å². The fourth-order valence-corrected chi connectivity index (χ4v) is 16.2. The maximum atomic E-state index is 15.2. The Kier molecular flexibility index (Phi) is 14.1. The molecule has 0 radical (unpaired) electrons. The van der Waals surface area contributed by atoms with Crippen LogP contribution in [-0.2, 0) is 4.57 Å². The summed E-state index contributed by atoms with van der Waals surface area (Å²) >= 11 is 9.99. The molecule has 0 saturated heterocycles. The molecular weight excluding hydrogens is 1140 g/mol. The number of para-hydroxylation sites is 2. The molecule has 5 nitrogen and oxygen atoms in total. The number of pyridine rings is 2. The van der Waals surface area contributed by atoms with Crippen molar-refractivity contribution >= 4 is 155 Å². The number of fused-ring (bicyclic) bond motifs is 14. The van der Waals surface area contributed by atoms with E-state index in [0.29, 0.717) is 0 Å². The third-order valence-electron chi connectivity index (χ3n) is 15.2. The molecule has 0 aliphatic carbocycles. The summed E-state index contributed by atoms with van der Waals surface area (Å²) in [5.74, 6) is 0. The van der Waals surface area contributed by atoms with Gasteiger partial charge in [-0.25, -0.2) is 9.97 Å². The summed E-state index contributed by atoms with van der Waals surface area (Å²) in [5.41, 5.74) is 9.25. The molecule has 0 atom stereocenters. The van der Waals surface area contributed by atoms with Crippen LogP contribution in [0.1, 0.15) is 0 Å². The third-order valence-corrected chi connectivity index (χ3v) is 21.4. The van der Waals surface area contributed by atoms with E-state index in [4.69, 9.17) is 30.0 Å². The van der Waals surface area contributed by atoms with Gasteiger partial charge in [-0.3, -0.25) is 0 Å². The number of halogens is 2. The van der Waals surface area contributed by atoms with Gasteiger partial charge in [0.15, 0.2) is 7.14 Å². The largest absolute Gasteiger partial charge is 0.455 e. The number of nitrogens with zero attached hydrogens (tertiary/aromatic N) is 2. The van der Waals surface area contributed by atoms with Gasteiger partial charge in [0.1, 0.15) is 22.3 Å². The minimum absolute atomic E-state index is 0.699. The molecule has 0 aliphatic rings. The zero-order valence-electron chi connectivity index (χ0n) is 44.5. The fourth-order valence-electron chi connectivity index (χ4n) is 11.3. The van der Waals surface area contributed by atoms with E-state index in [2.05, 4.69) is 131 Å². The van der Waals surface area contributed by atoms with Crippen molar-refractivity contribution in [3.63, 3.8) is 0 Å². The molecule has 0 unspecified atom stereocenters. The van der Waals surface area contributed by atoms with Crippen LogP contribution in [0.25, 0.3) is 110 Å². The first kappa shape index (κ1) is 52.1. The number of benzene rings is 12. The molecular formula is C74H48BrClN2O3P2. The quantitative estimate of drug-likeness (QED) is 0.117. The molecule has 0 N–H and O–H groups in total. The van der Waals surface area contributed by atoms with Crippen molar-refractivity contribution in [2.75, 3.05) is 0 Å². The van der Waals surface area contributed by atoms with Crippen LogP contribution in [0.4, 0.5) is 0 Å². The van der Waals surface area contributed by atoms with Crippen molar-refractivity contribution in [1.82, 2.24) is 9.97 Å². The Balaban J connectivity index is 0.000000125. The SMILES string of the molecule is Brc1ccc2c(c1)nc(-c1ccccc1)c1ccc3c4ccccc4oc3c12.ClP(c1ccccc1)c1ccccc1.O=P(c1ccccc1)(c1ccccc1)c1ccc2c(c1)nc(-c1ccccc1)c1ccc3c4ccccc4oc3c12. The Hall–Kier alpha value is -8.99. The maximum Gasteiger partial charge on any atom is 0.171 e. The lowest BCUT2D eigenvalue weighted by Crippen LogP contribution is -2.25. The van der Waals surface area contributed by atoms with Crippen molar-refractivity contribution in [3.8, 4) is 22.5 Å². The molecule has 4 heterocycles. The first-order chi connectivity index (χ1) is 40.9. The smallest absolute Gasteiger partial charge is 0.171 e. The zero-order valence-corrected chi connectivity index (χ0v) is 48.6. The number of hydrogen-bond acceptors (Lipinski definition) is 5. The normalized spacial score (nSPS) is 11.7. The molecule has 0 bridgehead atoms. The molecule has 0 amide bonds. The topological polar surface area (TPSA) is 69.1 Å². The number of furan rings is 2. The van der Waals surface area contributed by atoms with E-state index in [1.807, 2.05) is 176 Å². The molecule has 396 valence electrons. The second kappa shape index (κ2) is 22.4. The highest BCUT2D eigenvalue weighted by Crippen LogP contribution is 2.46. The Labute approximate surface area is 493 Å². The number of hydrogen-bond donors (Lipinski definition) is 0. The minimum Gasteiger partial charge on any atom is -0.455 e. The van der Waals surface area contributed by atoms with Gasteiger partial charge in [-0.1, -0.05) is 276 Å². The summed E-state index contributed by atoms with van der Waals surface area (Å²) in [6, 6.07) is 97.9. The lowest BCUT2D eigenvalue weighted by Gasteiger charge is -2.21. The van der Waals surface area contributed by atoms with E-state index < -0.39 is 14.4 Å². The Bertz CT molecular complexity index is 5000. The van der Waals surface area contributed by atoms with Crippen molar-refractivity contribution in [3.05, 3.63) is 296 Å². The van der Waals surface area contributed by atoms with Crippen LogP contribution < -0.4 is 26.5 Å². The minimum atomic E-state index is -3.16. The van der Waals surface area contributed by atoms with E-state index >= 15 is 4.57 Å². The van der Waals surface area contributed by atoms with E-state index in [1.165, 1.54) is 10.6 Å². The molecule has 0 aliphatic heterocycles. The van der Waals surface area contributed by atoms with Gasteiger partial charge in [0.2, 0.25) is 0 Å². The third kappa shape index (κ3) is 9.68. The average Bonchev–Trinajstić information content (AvgIpc) is 4.38. The molecule has 16 aromatic rings. The molecule has 9 heteroatoms. The van der Waals surface area contributed by atoms with Crippen LogP contribution >= 0.6 is 41.6 Å². The van der Waals surface area contributed by atoms with Gasteiger partial charge < -0.3 is 13.4 Å². The first-order valence-electron chi connectivity index (χ1n) is 27.3. The van der Waals surface area contributed by atoms with Gasteiger partial charge in [-0.2, -0.15) is 0 Å². The molecule has 4 aromatic heterocycles. The second-order valence-electron chi connectivity index (χ2n) is 20.2. The van der Waals surface area contributed by atoms with Crippen LogP contribution in [0.3, 0.4) is 0 Å². The van der Waals surface area contributed by atoms with E-state index in [1.54, 1.807) is 0 Å². The van der Waals surface area contributed by atoms with Crippen molar-refractivity contribution in [2.45, 2.75) is 0 Å². The summed E-state index contributed by atoms with van der Waals surface area (Å²) in [5, 5.41) is 15.5. The lowest BCUT2D eigenvalue weighted by atomic mass is 9.98. The summed E-state index contributed by atoms with van der Waals surface area (Å²) in [6.07, 6.45) is 0. The molecule has 0 fully saturated rings. The summed E-state index contributed by atoms with van der Waals surface area (Å²) in [7, 11) is -3.86. The van der Waals surface area contributed by atoms with E-state index in [9.17, 15) is 0 Å². The van der Waals surface area contributed by atoms with Gasteiger partial charge in [0.25, 0.3) is 0 Å². The first-order valence-corrected chi connectivity index (χ1v) is 32.0. The highest BCUT2D eigenvalue weighted by molar-refractivity contribution is 9.10. The lowest BCUT2D eigenvalue weighted by molar-refractivity contribution is 0.592. The van der Waals surface area contributed by atoms with Gasteiger partial charge in [0, 0.05) is 85.4 Å². The van der Waals surface area contributed by atoms with Gasteiger partial charge in [-0.05, 0) is 53.1 Å². The highest BCUT2D eigenvalue weighted by Gasteiger charge is 2.30. The van der Waals surface area contributed by atoms with Crippen LogP contribution in [-0.4, -0.2) is 9.97 Å². The van der Waals surface area contributed by atoms with E-state index in [0.717, 1.165) is 130 Å². The Morgan fingerprint density at radius 1 is 0.349 bits per heavy atom. The predicted molar refractivity (Wildman–Crippen MR) is 356 cm³/mol. The highest BCUT2D eigenvalue weighted by atomic mass is 79.9. The van der Waals surface area contributed by atoms with Gasteiger partial charge in [0.05, 0.1) is 29.7 Å². The molecule has 0 spiro atoms. The van der Waals surface area contributed by atoms with Crippen LogP contribution in [0.15, 0.2) is 304 Å². The second-order valence-corrected chi connectivity index (χ2v) is 26.5. The number of aromatic nitrogens is 2. The van der Waals surface area contributed by atoms with Crippen LogP contribution in [0, 0.1) is 0 Å². The van der Waals surface area contributed by atoms with Gasteiger partial charge >= 0.3 is 0 Å². The predicted octanol–water partition coefficient (Wildman–Crippen LogP) is 19.6. The van der Waals surface area contributed by atoms with Crippen molar-refractivity contribution < 1.29 is 13.4 Å². The monoisotopic (exact) mass is 1190 g/mol. The average molecular weight is 1190 g/mol. The van der Waals surface area contributed by atoms with Crippen LogP contribution in [0.5, 0.6) is 0 Å². The summed E-state index contributed by atoms with van der Waals surface area (Å²) in [4.78, 5) is 10.3. The maximum absolute atomic E-state index is 15.2. The van der Waals surface area contributed by atoms with Crippen molar-refractivity contribution in [2.24, 2.45) is 0 Å². The summed E-state index contributed by atoms with van der Waals surface area (Å²) in [6.45, 7) is 0. The zero-order chi connectivity index (χ0) is 55.9. The Morgan fingerprint density at radius 3 is 1.17 bits per heavy atom. The van der Waals surface area contributed by atoms with Crippen molar-refractivity contribution in [1.29, 1.82) is 0 Å². The molecule has 83 heavy (non-hydrogen) atoms. The standard InChI is InChI=1S/C37H24NO2P.C25H14BrNO.C12H10ClP/c39-41(26-14-6-2-7-15-26,27-16-8-3-9-17-27)28-20-21-31-33(24-28)38-36(25-12-4-1-5-13-25)32-23-22-30-29-18-10-11-19-34(29)40-37(30)35(31)32;26-16-10-11-19-21(14-16)27-24(15-6-2-1-3-7-15)20-13-12-18-17-8-4-5-9-22(17)28-25(18)23(19)20;13-14(11-7-3-1-4-8-11)12-9-5-2-6-10-12/h1-24H;1-14H;1-10H. The van der Waals surface area contributed by atoms with Gasteiger partial charge in [-0.15, -0.1) is 0 Å². The fraction of sp³-hybridized carbons (Fsp3) is 0. The van der Waals surface area contributed by atoms with E-state index in [-0.39, 0.29) is 0 Å². The molecule has 0 saturated carbocycles. The summed E-state index contributed by atoms with van der Waals surface area (Å²) < 4.78 is 29.1. The molecule has 12 aromatic carbocycles. The number of rotatable bonds is 7.